The van der Waals surface area contributed by atoms with Gasteiger partial charge in [0.05, 0.1) is 10.5 Å². The number of nitrogen functional groups attached to an aromatic ring is 1. The molecule has 2 aromatic heterocycles. The normalized spacial score (nSPS) is 17.1. The second-order valence-electron chi connectivity index (χ2n) is 7.33. The summed E-state index contributed by atoms with van der Waals surface area (Å²) in [5.41, 5.74) is 7.60. The first-order valence-corrected chi connectivity index (χ1v) is 11.2. The Morgan fingerprint density at radius 1 is 1.32 bits per heavy atom. The lowest BCUT2D eigenvalue weighted by Gasteiger charge is -2.40. The molecular formula is C22H22ClN5O2S. The molecule has 1 fully saturated rings. The van der Waals surface area contributed by atoms with Crippen molar-refractivity contribution in [2.75, 3.05) is 18.8 Å². The van der Waals surface area contributed by atoms with E-state index in [0.29, 0.717) is 36.9 Å². The summed E-state index contributed by atoms with van der Waals surface area (Å²) in [6.07, 6.45) is 5.25. The number of hydrogen-bond acceptors (Lipinski definition) is 6. The highest BCUT2D eigenvalue weighted by molar-refractivity contribution is 7.11. The molecule has 160 valence electrons. The van der Waals surface area contributed by atoms with Gasteiger partial charge in [0.25, 0.3) is 0 Å². The molecule has 9 heteroatoms. The van der Waals surface area contributed by atoms with Crippen LogP contribution in [0, 0.1) is 0 Å². The summed E-state index contributed by atoms with van der Waals surface area (Å²) in [5, 5.41) is 3.25. The van der Waals surface area contributed by atoms with Crippen LogP contribution in [0.5, 0.6) is 0 Å². The van der Waals surface area contributed by atoms with Gasteiger partial charge < -0.3 is 15.5 Å². The number of rotatable bonds is 5. The maximum Gasteiger partial charge on any atom is 0.247 e. The van der Waals surface area contributed by atoms with Crippen molar-refractivity contribution < 1.29 is 9.59 Å². The maximum absolute atomic E-state index is 13.1. The maximum atomic E-state index is 13.1. The van der Waals surface area contributed by atoms with Crippen LogP contribution in [0.3, 0.4) is 0 Å². The summed E-state index contributed by atoms with van der Waals surface area (Å²) >= 11 is 7.40. The molecule has 0 radical (unpaired) electrons. The number of fused-ring (bicyclic) bond motifs is 1. The van der Waals surface area contributed by atoms with Gasteiger partial charge in [-0.05, 0) is 36.3 Å². The van der Waals surface area contributed by atoms with Crippen molar-refractivity contribution in [1.82, 2.24) is 19.8 Å². The Morgan fingerprint density at radius 3 is 2.90 bits per heavy atom. The van der Waals surface area contributed by atoms with E-state index < -0.39 is 6.04 Å². The fraction of sp³-hybridized carbons (Fsp3) is 0.273. The Bertz CT molecular complexity index is 1160. The van der Waals surface area contributed by atoms with Gasteiger partial charge >= 0.3 is 0 Å². The van der Waals surface area contributed by atoms with Crippen LogP contribution in [-0.2, 0) is 16.1 Å². The Hall–Kier alpha value is -2.97. The van der Waals surface area contributed by atoms with Crippen molar-refractivity contribution in [1.29, 1.82) is 0 Å². The van der Waals surface area contributed by atoms with Crippen LogP contribution in [-0.4, -0.2) is 50.7 Å². The van der Waals surface area contributed by atoms with E-state index in [-0.39, 0.29) is 11.8 Å². The van der Waals surface area contributed by atoms with Crippen molar-refractivity contribution in [3.8, 4) is 0 Å². The van der Waals surface area contributed by atoms with Gasteiger partial charge in [0.1, 0.15) is 18.2 Å². The number of nitrogens with zero attached hydrogens (tertiary/aromatic N) is 4. The highest BCUT2D eigenvalue weighted by atomic mass is 35.5. The number of thiophene rings is 1. The molecule has 1 aromatic carbocycles. The van der Waals surface area contributed by atoms with Crippen molar-refractivity contribution in [2.45, 2.75) is 25.9 Å². The number of piperazine rings is 1. The molecule has 3 heterocycles. The SMILES string of the molecule is CCC1C(=O)N(Cc2ccc3c(N)ncnc3c2)CCN1C(=O)/C=C/c1cc(Cl)cs1. The summed E-state index contributed by atoms with van der Waals surface area (Å²) in [4.78, 5) is 38.5. The summed E-state index contributed by atoms with van der Waals surface area (Å²) in [6, 6.07) is 7.06. The Morgan fingerprint density at radius 2 is 2.16 bits per heavy atom. The van der Waals surface area contributed by atoms with E-state index in [4.69, 9.17) is 17.3 Å². The molecule has 2 amide bonds. The minimum Gasteiger partial charge on any atom is -0.383 e. The molecule has 3 aromatic rings. The van der Waals surface area contributed by atoms with Gasteiger partial charge in [0.2, 0.25) is 11.8 Å². The standard InChI is InChI=1S/C22H22ClN5O2S/c1-2-19-22(30)27(11-14-3-5-17-18(9-14)25-13-26-21(17)24)7-8-28(19)20(29)6-4-16-10-15(23)12-31-16/h3-6,9-10,12-13,19H,2,7-8,11H2,1H3,(H2,24,25,26)/b6-4+. The zero-order chi connectivity index (χ0) is 22.0. The number of carbonyl (C=O) groups excluding carboxylic acids is 2. The summed E-state index contributed by atoms with van der Waals surface area (Å²) in [6.45, 7) is 3.34. The molecule has 31 heavy (non-hydrogen) atoms. The first-order valence-electron chi connectivity index (χ1n) is 9.97. The summed E-state index contributed by atoms with van der Waals surface area (Å²) < 4.78 is 0. The summed E-state index contributed by atoms with van der Waals surface area (Å²) in [7, 11) is 0. The zero-order valence-corrected chi connectivity index (χ0v) is 18.6. The first-order chi connectivity index (χ1) is 15.0. The van der Waals surface area contributed by atoms with E-state index in [1.807, 2.05) is 30.5 Å². The van der Waals surface area contributed by atoms with E-state index in [1.165, 1.54) is 23.7 Å². The third-order valence-corrected chi connectivity index (χ3v) is 6.58. The lowest BCUT2D eigenvalue weighted by atomic mass is 10.1. The van der Waals surface area contributed by atoms with E-state index >= 15 is 0 Å². The minimum absolute atomic E-state index is 0.0445. The minimum atomic E-state index is -0.476. The quantitative estimate of drug-likeness (QED) is 0.593. The fourth-order valence-electron chi connectivity index (χ4n) is 3.76. The topological polar surface area (TPSA) is 92.4 Å². The van der Waals surface area contributed by atoms with Crippen molar-refractivity contribution in [2.24, 2.45) is 0 Å². The van der Waals surface area contributed by atoms with E-state index in [1.54, 1.807) is 21.9 Å². The van der Waals surface area contributed by atoms with Crippen LogP contribution in [0.2, 0.25) is 5.02 Å². The number of nitrogens with two attached hydrogens (primary N) is 1. The van der Waals surface area contributed by atoms with Crippen molar-refractivity contribution >= 4 is 57.5 Å². The second-order valence-corrected chi connectivity index (χ2v) is 8.71. The Balaban J connectivity index is 1.46. The van der Waals surface area contributed by atoms with Crippen LogP contribution in [0.4, 0.5) is 5.82 Å². The first kappa shape index (κ1) is 21.3. The highest BCUT2D eigenvalue weighted by Gasteiger charge is 2.35. The van der Waals surface area contributed by atoms with Crippen LogP contribution >= 0.6 is 22.9 Å². The molecule has 2 N–H and O–H groups in total. The monoisotopic (exact) mass is 455 g/mol. The third kappa shape index (κ3) is 4.55. The largest absolute Gasteiger partial charge is 0.383 e. The average Bonchev–Trinajstić information content (AvgIpc) is 3.18. The molecule has 4 rings (SSSR count). The van der Waals surface area contributed by atoms with E-state index in [9.17, 15) is 9.59 Å². The van der Waals surface area contributed by atoms with Crippen molar-refractivity contribution in [3.05, 3.63) is 57.5 Å². The predicted octanol–water partition coefficient (Wildman–Crippen LogP) is 3.59. The molecule has 7 nitrogen and oxygen atoms in total. The van der Waals surface area contributed by atoms with E-state index in [2.05, 4.69) is 9.97 Å². The smallest absolute Gasteiger partial charge is 0.247 e. The lowest BCUT2D eigenvalue weighted by Crippen LogP contribution is -2.57. The van der Waals surface area contributed by atoms with Crippen LogP contribution < -0.4 is 5.73 Å². The molecule has 0 bridgehead atoms. The van der Waals surface area contributed by atoms with E-state index in [0.717, 1.165) is 21.3 Å². The van der Waals surface area contributed by atoms with Gasteiger partial charge in [0, 0.05) is 41.4 Å². The lowest BCUT2D eigenvalue weighted by molar-refractivity contribution is -0.149. The predicted molar refractivity (Wildman–Crippen MR) is 124 cm³/mol. The number of halogens is 1. The van der Waals surface area contributed by atoms with Crippen LogP contribution in [0.15, 0.2) is 42.0 Å². The Kier molecular flexibility index (Phi) is 6.20. The van der Waals surface area contributed by atoms with Gasteiger partial charge in [-0.15, -0.1) is 11.3 Å². The van der Waals surface area contributed by atoms with Gasteiger partial charge in [-0.2, -0.15) is 0 Å². The average molecular weight is 456 g/mol. The number of amides is 2. The number of benzene rings is 1. The molecule has 1 saturated heterocycles. The number of aromatic nitrogens is 2. The summed E-state index contributed by atoms with van der Waals surface area (Å²) in [5.74, 6) is 0.225. The molecule has 0 aliphatic carbocycles. The molecule has 0 saturated carbocycles. The molecule has 1 unspecified atom stereocenters. The van der Waals surface area contributed by atoms with Crippen molar-refractivity contribution in [3.63, 3.8) is 0 Å². The molecular weight excluding hydrogens is 434 g/mol. The number of hydrogen-bond donors (Lipinski definition) is 1. The molecule has 1 aliphatic rings. The zero-order valence-electron chi connectivity index (χ0n) is 17.0. The number of carbonyl (C=O) groups is 2. The van der Waals surface area contributed by atoms with Gasteiger partial charge in [-0.3, -0.25) is 9.59 Å². The highest BCUT2D eigenvalue weighted by Crippen LogP contribution is 2.23. The van der Waals surface area contributed by atoms with Crippen LogP contribution in [0.25, 0.3) is 17.0 Å². The second kappa shape index (κ2) is 9.03. The van der Waals surface area contributed by atoms with Crippen LogP contribution in [0.1, 0.15) is 23.8 Å². The van der Waals surface area contributed by atoms with Gasteiger partial charge in [-0.25, -0.2) is 9.97 Å². The van der Waals surface area contributed by atoms with Gasteiger partial charge in [-0.1, -0.05) is 24.6 Å². The number of anilines is 1. The molecule has 1 atom stereocenters. The van der Waals surface area contributed by atoms with Gasteiger partial charge in [0.15, 0.2) is 0 Å². The third-order valence-electron chi connectivity index (χ3n) is 5.34. The fourth-order valence-corrected chi connectivity index (χ4v) is 4.74. The molecule has 1 aliphatic heterocycles. The molecule has 0 spiro atoms. The Labute approximate surface area is 189 Å².